The van der Waals surface area contributed by atoms with Gasteiger partial charge in [-0.15, -0.1) is 0 Å². The maximum atomic E-state index is 13.4. The lowest BCUT2D eigenvalue weighted by Crippen LogP contribution is -2.26. The largest absolute Gasteiger partial charge is 0.468 e. The Morgan fingerprint density at radius 2 is 2.00 bits per heavy atom. The zero-order chi connectivity index (χ0) is 13.0. The number of ketones is 1. The van der Waals surface area contributed by atoms with Gasteiger partial charge in [0.2, 0.25) is 0 Å². The van der Waals surface area contributed by atoms with Gasteiger partial charge in [0, 0.05) is 0 Å². The van der Waals surface area contributed by atoms with Crippen molar-refractivity contribution in [1.29, 1.82) is 0 Å². The molecule has 0 radical (unpaired) electrons. The molecule has 0 spiro atoms. The molecule has 17 heavy (non-hydrogen) atoms. The highest BCUT2D eigenvalue weighted by molar-refractivity contribution is 5.97. The van der Waals surface area contributed by atoms with Gasteiger partial charge in [-0.2, -0.15) is 0 Å². The fourth-order valence-electron chi connectivity index (χ4n) is 1.46. The average molecular weight is 242 g/mol. The lowest BCUT2D eigenvalue weighted by atomic mass is 9.95. The number of Topliss-reactive ketones (excluding diaryl/α,β-unsaturated/α-hetero) is 1. The molecule has 1 aromatic carbocycles. The number of esters is 1. The van der Waals surface area contributed by atoms with Crippen LogP contribution in [0.25, 0.3) is 0 Å². The Labute approximate surface area is 97.4 Å². The van der Waals surface area contributed by atoms with Gasteiger partial charge >= 0.3 is 5.97 Å². The number of hydrogen-bond donors (Lipinski definition) is 0. The van der Waals surface area contributed by atoms with Crippen LogP contribution >= 0.6 is 0 Å². The number of carbonyl (C=O) groups excluding carboxylic acids is 2. The maximum Gasteiger partial charge on any atom is 0.316 e. The molecule has 0 aliphatic heterocycles. The summed E-state index contributed by atoms with van der Waals surface area (Å²) in [4.78, 5) is 22.5. The molecule has 1 rings (SSSR count). The molecule has 0 saturated heterocycles. The van der Waals surface area contributed by atoms with E-state index in [0.29, 0.717) is 0 Å². The number of carbonyl (C=O) groups is 2. The zero-order valence-corrected chi connectivity index (χ0v) is 9.50. The first-order chi connectivity index (χ1) is 7.97. The van der Waals surface area contributed by atoms with E-state index in [1.165, 1.54) is 19.1 Å². The summed E-state index contributed by atoms with van der Waals surface area (Å²) in [6.07, 6.45) is -0.203. The van der Waals surface area contributed by atoms with E-state index in [9.17, 15) is 18.4 Å². The summed E-state index contributed by atoms with van der Waals surface area (Å²) >= 11 is 0. The SMILES string of the molecule is COC(=O)[C@@H](Cc1cccc(F)c1F)C(C)=O. The minimum Gasteiger partial charge on any atom is -0.468 e. The van der Waals surface area contributed by atoms with Crippen molar-refractivity contribution in [2.75, 3.05) is 7.11 Å². The lowest BCUT2D eigenvalue weighted by molar-refractivity contribution is -0.148. The molecule has 0 fully saturated rings. The summed E-state index contributed by atoms with van der Waals surface area (Å²) in [5.41, 5.74) is -0.0180. The molecule has 1 aromatic rings. The standard InChI is InChI=1S/C12H12F2O3/c1-7(15)9(12(16)17-2)6-8-4-3-5-10(13)11(8)14/h3-5,9H,6H2,1-2H3/t9-/m0/s1. The van der Waals surface area contributed by atoms with Crippen LogP contribution < -0.4 is 0 Å². The maximum absolute atomic E-state index is 13.4. The Balaban J connectivity index is 2.98. The monoisotopic (exact) mass is 242 g/mol. The summed E-state index contributed by atoms with van der Waals surface area (Å²) in [5, 5.41) is 0. The van der Waals surface area contributed by atoms with Crippen molar-refractivity contribution < 1.29 is 23.1 Å². The minimum atomic E-state index is -1.10. The summed E-state index contributed by atoms with van der Waals surface area (Å²) in [5.74, 6) is -4.34. The quantitative estimate of drug-likeness (QED) is 0.598. The highest BCUT2D eigenvalue weighted by atomic mass is 19.2. The van der Waals surface area contributed by atoms with E-state index < -0.39 is 29.3 Å². The third kappa shape index (κ3) is 3.09. The van der Waals surface area contributed by atoms with Crippen LogP contribution in [0.15, 0.2) is 18.2 Å². The van der Waals surface area contributed by atoms with Gasteiger partial charge in [-0.1, -0.05) is 12.1 Å². The van der Waals surface area contributed by atoms with E-state index in [1.54, 1.807) is 0 Å². The number of rotatable bonds is 4. The molecule has 1 atom stereocenters. The summed E-state index contributed by atoms with van der Waals surface area (Å²) in [6, 6.07) is 3.62. The van der Waals surface area contributed by atoms with Crippen LogP contribution in [0.1, 0.15) is 12.5 Å². The number of ether oxygens (including phenoxy) is 1. The van der Waals surface area contributed by atoms with Crippen molar-refractivity contribution in [3.05, 3.63) is 35.4 Å². The minimum absolute atomic E-state index is 0.0180. The van der Waals surface area contributed by atoms with Crippen LogP contribution in [0.5, 0.6) is 0 Å². The molecule has 3 nitrogen and oxygen atoms in total. The van der Waals surface area contributed by atoms with Crippen molar-refractivity contribution in [1.82, 2.24) is 0 Å². The molecule has 0 amide bonds. The van der Waals surface area contributed by atoms with Crippen LogP contribution in [0.2, 0.25) is 0 Å². The predicted molar refractivity (Wildman–Crippen MR) is 56.2 cm³/mol. The third-order valence-corrected chi connectivity index (χ3v) is 2.43. The van der Waals surface area contributed by atoms with Gasteiger partial charge in [-0.25, -0.2) is 8.78 Å². The van der Waals surface area contributed by atoms with Crippen LogP contribution in [-0.4, -0.2) is 18.9 Å². The molecule has 0 aromatic heterocycles. The number of benzene rings is 1. The topological polar surface area (TPSA) is 43.4 Å². The molecular weight excluding hydrogens is 230 g/mol. The second-order valence-electron chi connectivity index (χ2n) is 3.60. The molecular formula is C12H12F2O3. The molecule has 0 unspecified atom stereocenters. The molecule has 5 heteroatoms. The fraction of sp³-hybridized carbons (Fsp3) is 0.333. The first-order valence-electron chi connectivity index (χ1n) is 4.98. The van der Waals surface area contributed by atoms with Crippen molar-refractivity contribution in [3.8, 4) is 0 Å². The summed E-state index contributed by atoms with van der Waals surface area (Å²) < 4.78 is 30.7. The van der Waals surface area contributed by atoms with Crippen molar-refractivity contribution in [2.24, 2.45) is 5.92 Å². The van der Waals surface area contributed by atoms with Crippen LogP contribution in [0, 0.1) is 17.6 Å². The molecule has 0 bridgehead atoms. The average Bonchev–Trinajstić information content (AvgIpc) is 2.29. The Kier molecular flexibility index (Phi) is 4.31. The van der Waals surface area contributed by atoms with Crippen molar-refractivity contribution in [3.63, 3.8) is 0 Å². The van der Waals surface area contributed by atoms with E-state index in [4.69, 9.17) is 0 Å². The number of hydrogen-bond acceptors (Lipinski definition) is 3. The molecule has 0 aliphatic rings. The van der Waals surface area contributed by atoms with Crippen LogP contribution in [0.4, 0.5) is 8.78 Å². The number of halogens is 2. The zero-order valence-electron chi connectivity index (χ0n) is 9.50. The van der Waals surface area contributed by atoms with Crippen LogP contribution in [-0.2, 0) is 20.7 Å². The Morgan fingerprint density at radius 1 is 1.35 bits per heavy atom. The van der Waals surface area contributed by atoms with Crippen molar-refractivity contribution >= 4 is 11.8 Å². The van der Waals surface area contributed by atoms with Gasteiger partial charge in [0.15, 0.2) is 11.6 Å². The van der Waals surface area contributed by atoms with E-state index in [-0.39, 0.29) is 12.0 Å². The molecule has 0 saturated carbocycles. The summed E-state index contributed by atoms with van der Waals surface area (Å²) in [6.45, 7) is 1.21. The van der Waals surface area contributed by atoms with Crippen LogP contribution in [0.3, 0.4) is 0 Å². The Morgan fingerprint density at radius 3 is 2.53 bits per heavy atom. The molecule has 92 valence electrons. The number of methoxy groups -OCH3 is 1. The molecule has 0 N–H and O–H groups in total. The lowest BCUT2D eigenvalue weighted by Gasteiger charge is -2.11. The second-order valence-corrected chi connectivity index (χ2v) is 3.60. The molecule has 0 heterocycles. The van der Waals surface area contributed by atoms with Gasteiger partial charge in [-0.05, 0) is 25.0 Å². The molecule has 0 aliphatic carbocycles. The first-order valence-corrected chi connectivity index (χ1v) is 4.98. The third-order valence-electron chi connectivity index (χ3n) is 2.43. The fourth-order valence-corrected chi connectivity index (χ4v) is 1.46. The second kappa shape index (κ2) is 5.52. The van der Waals surface area contributed by atoms with E-state index in [2.05, 4.69) is 4.74 Å². The predicted octanol–water partition coefficient (Wildman–Crippen LogP) is 1.89. The van der Waals surface area contributed by atoms with Gasteiger partial charge in [0.1, 0.15) is 11.7 Å². The van der Waals surface area contributed by atoms with Crippen molar-refractivity contribution in [2.45, 2.75) is 13.3 Å². The Hall–Kier alpha value is -1.78. The first kappa shape index (κ1) is 13.3. The van der Waals surface area contributed by atoms with Gasteiger partial charge < -0.3 is 4.74 Å². The van der Waals surface area contributed by atoms with Gasteiger partial charge in [0.25, 0.3) is 0 Å². The summed E-state index contributed by atoms with van der Waals surface area (Å²) in [7, 11) is 1.14. The normalized spacial score (nSPS) is 12.0. The highest BCUT2D eigenvalue weighted by Crippen LogP contribution is 2.17. The van der Waals surface area contributed by atoms with E-state index >= 15 is 0 Å². The smallest absolute Gasteiger partial charge is 0.316 e. The Bertz CT molecular complexity index is 443. The highest BCUT2D eigenvalue weighted by Gasteiger charge is 2.26. The van der Waals surface area contributed by atoms with E-state index in [0.717, 1.165) is 13.2 Å². The van der Waals surface area contributed by atoms with Gasteiger partial charge in [0.05, 0.1) is 7.11 Å². The van der Waals surface area contributed by atoms with Gasteiger partial charge in [-0.3, -0.25) is 9.59 Å². The van der Waals surface area contributed by atoms with E-state index in [1.807, 2.05) is 0 Å².